The Morgan fingerprint density at radius 3 is 2.55 bits per heavy atom. The van der Waals surface area contributed by atoms with E-state index in [0.717, 1.165) is 12.1 Å². The fourth-order valence-electron chi connectivity index (χ4n) is 2.56. The van der Waals surface area contributed by atoms with Crippen molar-refractivity contribution in [3.63, 3.8) is 0 Å². The average molecular weight is 280 g/mol. The van der Waals surface area contributed by atoms with Crippen molar-refractivity contribution in [1.29, 1.82) is 0 Å². The number of fused-ring (bicyclic) bond motifs is 1. The molecular weight excluding hydrogens is 270 g/mol. The molecule has 1 N–H and O–H groups in total. The zero-order chi connectivity index (χ0) is 14.4. The highest BCUT2D eigenvalue weighted by molar-refractivity contribution is 6.05. The van der Waals surface area contributed by atoms with Gasteiger partial charge in [-0.05, 0) is 24.1 Å². The van der Waals surface area contributed by atoms with Crippen molar-refractivity contribution in [3.05, 3.63) is 34.9 Å². The lowest BCUT2D eigenvalue weighted by Crippen LogP contribution is -2.52. The van der Waals surface area contributed by atoms with E-state index in [1.165, 1.54) is 4.90 Å². The lowest BCUT2D eigenvalue weighted by molar-refractivity contribution is -0.136. The number of carbonyl (C=O) groups excluding carboxylic acids is 3. The third-order valence-corrected chi connectivity index (χ3v) is 3.56. The molecule has 104 valence electrons. The van der Waals surface area contributed by atoms with E-state index >= 15 is 0 Å². The summed E-state index contributed by atoms with van der Waals surface area (Å²) in [6, 6.07) is 1.03. The summed E-state index contributed by atoms with van der Waals surface area (Å²) in [5.74, 6) is -3.58. The topological polar surface area (TPSA) is 66.5 Å². The first-order chi connectivity index (χ1) is 9.47. The fourth-order valence-corrected chi connectivity index (χ4v) is 2.56. The predicted octanol–water partition coefficient (Wildman–Crippen LogP) is 0.726. The van der Waals surface area contributed by atoms with Gasteiger partial charge in [0.15, 0.2) is 11.6 Å². The van der Waals surface area contributed by atoms with Gasteiger partial charge in [0, 0.05) is 18.5 Å². The normalized spacial score (nSPS) is 22.0. The van der Waals surface area contributed by atoms with E-state index in [1.54, 1.807) is 0 Å². The molecule has 5 nitrogen and oxygen atoms in total. The van der Waals surface area contributed by atoms with E-state index in [4.69, 9.17) is 0 Å². The molecule has 2 aliphatic heterocycles. The molecule has 0 radical (unpaired) electrons. The summed E-state index contributed by atoms with van der Waals surface area (Å²) in [6.45, 7) is 0.0393. The van der Waals surface area contributed by atoms with Gasteiger partial charge in [0.2, 0.25) is 11.8 Å². The van der Waals surface area contributed by atoms with Crippen LogP contribution < -0.4 is 5.32 Å². The minimum Gasteiger partial charge on any atom is -0.322 e. The second-order valence-electron chi connectivity index (χ2n) is 4.82. The molecule has 3 amide bonds. The smallest absolute Gasteiger partial charge is 0.255 e. The highest BCUT2D eigenvalue weighted by Crippen LogP contribution is 2.28. The minimum absolute atomic E-state index is 0.0393. The van der Waals surface area contributed by atoms with E-state index in [9.17, 15) is 23.2 Å². The van der Waals surface area contributed by atoms with Crippen LogP contribution >= 0.6 is 0 Å². The zero-order valence-corrected chi connectivity index (χ0v) is 10.3. The summed E-state index contributed by atoms with van der Waals surface area (Å²) < 4.78 is 26.3. The van der Waals surface area contributed by atoms with Gasteiger partial charge in [0.25, 0.3) is 5.91 Å². The van der Waals surface area contributed by atoms with Crippen molar-refractivity contribution >= 4 is 17.7 Å². The van der Waals surface area contributed by atoms with E-state index in [0.29, 0.717) is 5.56 Å². The Labute approximate surface area is 112 Å². The summed E-state index contributed by atoms with van der Waals surface area (Å²) in [7, 11) is 0. The highest BCUT2D eigenvalue weighted by Gasteiger charge is 2.39. The molecule has 2 aliphatic rings. The molecule has 1 unspecified atom stereocenters. The maximum Gasteiger partial charge on any atom is 0.255 e. The average Bonchev–Trinajstić information content (AvgIpc) is 2.68. The number of nitrogens with one attached hydrogen (secondary N) is 1. The number of amides is 3. The standard InChI is InChI=1S/C13H10F2N2O3/c14-8-3-6-5-17(13(20)7(6)4-9(8)15)10-1-2-11(18)16-12(10)19/h3-4,10H,1-2,5H2,(H,16,18,19). The second kappa shape index (κ2) is 4.36. The van der Waals surface area contributed by atoms with Gasteiger partial charge in [-0.25, -0.2) is 8.78 Å². The summed E-state index contributed by atoms with van der Waals surface area (Å²) in [5.41, 5.74) is 0.409. The third kappa shape index (κ3) is 1.86. The molecule has 7 heteroatoms. The van der Waals surface area contributed by atoms with Gasteiger partial charge in [-0.2, -0.15) is 0 Å². The SMILES string of the molecule is O=C1CCC(N2Cc3cc(F)c(F)cc3C2=O)C(=O)N1. The molecule has 2 heterocycles. The van der Waals surface area contributed by atoms with Gasteiger partial charge in [0.05, 0.1) is 0 Å². The first-order valence-corrected chi connectivity index (χ1v) is 6.10. The number of benzene rings is 1. The van der Waals surface area contributed by atoms with E-state index in [2.05, 4.69) is 5.32 Å². The van der Waals surface area contributed by atoms with Crippen LogP contribution in [0.3, 0.4) is 0 Å². The molecule has 1 aromatic rings. The first kappa shape index (κ1) is 12.7. The number of hydrogen-bond donors (Lipinski definition) is 1. The number of halogens is 2. The van der Waals surface area contributed by atoms with Crippen molar-refractivity contribution in [2.24, 2.45) is 0 Å². The third-order valence-electron chi connectivity index (χ3n) is 3.56. The molecule has 0 bridgehead atoms. The minimum atomic E-state index is -1.10. The largest absolute Gasteiger partial charge is 0.322 e. The molecule has 1 aromatic carbocycles. The van der Waals surface area contributed by atoms with Crippen molar-refractivity contribution in [1.82, 2.24) is 10.2 Å². The van der Waals surface area contributed by atoms with Crippen molar-refractivity contribution in [3.8, 4) is 0 Å². The second-order valence-corrected chi connectivity index (χ2v) is 4.82. The molecule has 1 saturated heterocycles. The maximum atomic E-state index is 13.2. The van der Waals surface area contributed by atoms with Crippen LogP contribution in [0.5, 0.6) is 0 Å². The van der Waals surface area contributed by atoms with Gasteiger partial charge < -0.3 is 4.90 Å². The number of hydrogen-bond acceptors (Lipinski definition) is 3. The fraction of sp³-hybridized carbons (Fsp3) is 0.308. The van der Waals surface area contributed by atoms with Crippen LogP contribution in [0.2, 0.25) is 0 Å². The lowest BCUT2D eigenvalue weighted by atomic mass is 10.0. The molecular formula is C13H10F2N2O3. The van der Waals surface area contributed by atoms with Gasteiger partial charge in [0.1, 0.15) is 6.04 Å². The Morgan fingerprint density at radius 1 is 1.15 bits per heavy atom. The first-order valence-electron chi connectivity index (χ1n) is 6.10. The maximum absolute atomic E-state index is 13.2. The quantitative estimate of drug-likeness (QED) is 0.771. The summed E-state index contributed by atoms with van der Waals surface area (Å²) in [5, 5.41) is 2.16. The van der Waals surface area contributed by atoms with Gasteiger partial charge in [-0.15, -0.1) is 0 Å². The summed E-state index contributed by atoms with van der Waals surface area (Å²) in [4.78, 5) is 36.2. The molecule has 0 spiro atoms. The Hall–Kier alpha value is -2.31. The van der Waals surface area contributed by atoms with E-state index < -0.39 is 29.5 Å². The van der Waals surface area contributed by atoms with Crippen LogP contribution in [0, 0.1) is 11.6 Å². The Bertz CT molecular complexity index is 645. The Morgan fingerprint density at radius 2 is 1.85 bits per heavy atom. The molecule has 0 aliphatic carbocycles. The molecule has 1 fully saturated rings. The van der Waals surface area contributed by atoms with Crippen LogP contribution in [0.25, 0.3) is 0 Å². The predicted molar refractivity (Wildman–Crippen MR) is 62.4 cm³/mol. The highest BCUT2D eigenvalue weighted by atomic mass is 19.2. The van der Waals surface area contributed by atoms with Crippen molar-refractivity contribution in [2.75, 3.05) is 0 Å². The molecule has 0 saturated carbocycles. The van der Waals surface area contributed by atoms with Crippen LogP contribution in [-0.4, -0.2) is 28.7 Å². The number of carbonyl (C=O) groups is 3. The van der Waals surface area contributed by atoms with Crippen molar-refractivity contribution in [2.45, 2.75) is 25.4 Å². The number of rotatable bonds is 1. The van der Waals surface area contributed by atoms with Gasteiger partial charge in [-0.1, -0.05) is 0 Å². The van der Waals surface area contributed by atoms with Crippen LogP contribution in [0.15, 0.2) is 12.1 Å². The molecule has 1 atom stereocenters. The number of imide groups is 1. The number of nitrogens with zero attached hydrogens (tertiary/aromatic N) is 1. The molecule has 20 heavy (non-hydrogen) atoms. The van der Waals surface area contributed by atoms with Crippen LogP contribution in [0.1, 0.15) is 28.8 Å². The Kier molecular flexibility index (Phi) is 2.77. The van der Waals surface area contributed by atoms with Crippen molar-refractivity contribution < 1.29 is 23.2 Å². The number of piperidine rings is 1. The van der Waals surface area contributed by atoms with E-state index in [1.807, 2.05) is 0 Å². The lowest BCUT2D eigenvalue weighted by Gasteiger charge is -2.29. The van der Waals surface area contributed by atoms with Gasteiger partial charge >= 0.3 is 0 Å². The zero-order valence-electron chi connectivity index (χ0n) is 10.3. The Balaban J connectivity index is 1.90. The van der Waals surface area contributed by atoms with Gasteiger partial charge in [-0.3, -0.25) is 19.7 Å². The molecule has 3 rings (SSSR count). The summed E-state index contributed by atoms with van der Waals surface area (Å²) in [6.07, 6.45) is 0.356. The van der Waals surface area contributed by atoms with Crippen LogP contribution in [-0.2, 0) is 16.1 Å². The monoisotopic (exact) mass is 280 g/mol. The van der Waals surface area contributed by atoms with Crippen LogP contribution in [0.4, 0.5) is 8.78 Å². The van der Waals surface area contributed by atoms with E-state index in [-0.39, 0.29) is 30.9 Å². The molecule has 0 aromatic heterocycles. The summed E-state index contributed by atoms with van der Waals surface area (Å²) >= 11 is 0.